The Kier molecular flexibility index (Phi) is 2.15. The standard InChI is InChI=1S/C14H13NO2/c1-9-3-2-4-10-5-6-11(14(9)10)15-12(16)7-8-13(15)17/h2-4,7-8,11H,5-6H2,1H3/t11-/m0/s1. The van der Waals surface area contributed by atoms with Crippen LogP contribution in [0.5, 0.6) is 0 Å². The molecule has 0 saturated carbocycles. The summed E-state index contributed by atoms with van der Waals surface area (Å²) >= 11 is 0. The van der Waals surface area contributed by atoms with E-state index in [9.17, 15) is 9.59 Å². The molecule has 3 rings (SSSR count). The molecule has 1 atom stereocenters. The van der Waals surface area contributed by atoms with Gasteiger partial charge in [-0.25, -0.2) is 0 Å². The van der Waals surface area contributed by atoms with Crippen molar-refractivity contribution in [3.63, 3.8) is 0 Å². The number of imide groups is 1. The summed E-state index contributed by atoms with van der Waals surface area (Å²) in [6.07, 6.45) is 4.51. The molecule has 2 aliphatic rings. The highest BCUT2D eigenvalue weighted by Gasteiger charge is 2.36. The van der Waals surface area contributed by atoms with Crippen molar-refractivity contribution in [1.82, 2.24) is 4.90 Å². The van der Waals surface area contributed by atoms with Gasteiger partial charge < -0.3 is 0 Å². The lowest BCUT2D eigenvalue weighted by Crippen LogP contribution is -2.33. The second-order valence-electron chi connectivity index (χ2n) is 4.58. The van der Waals surface area contributed by atoms with E-state index in [-0.39, 0.29) is 17.9 Å². The van der Waals surface area contributed by atoms with Crippen molar-refractivity contribution in [3.8, 4) is 0 Å². The van der Waals surface area contributed by atoms with Gasteiger partial charge in [-0.2, -0.15) is 0 Å². The molecule has 3 nitrogen and oxygen atoms in total. The molecule has 3 heteroatoms. The number of hydrogen-bond acceptors (Lipinski definition) is 2. The first kappa shape index (κ1) is 10.3. The SMILES string of the molecule is Cc1cccc2c1[C@@H](N1C(=O)C=CC1=O)CC2. The van der Waals surface area contributed by atoms with Crippen molar-refractivity contribution in [3.05, 3.63) is 47.0 Å². The Morgan fingerprint density at radius 1 is 1.18 bits per heavy atom. The Bertz CT molecular complexity index is 527. The molecular weight excluding hydrogens is 214 g/mol. The summed E-state index contributed by atoms with van der Waals surface area (Å²) in [6.45, 7) is 2.04. The van der Waals surface area contributed by atoms with Crippen molar-refractivity contribution < 1.29 is 9.59 Å². The Hall–Kier alpha value is -1.90. The number of carbonyl (C=O) groups is 2. The van der Waals surface area contributed by atoms with Gasteiger partial charge in [0.25, 0.3) is 11.8 Å². The highest BCUT2D eigenvalue weighted by atomic mass is 16.2. The van der Waals surface area contributed by atoms with Crippen molar-refractivity contribution in [2.75, 3.05) is 0 Å². The van der Waals surface area contributed by atoms with E-state index in [2.05, 4.69) is 6.07 Å². The molecule has 0 aromatic heterocycles. The molecule has 0 fully saturated rings. The van der Waals surface area contributed by atoms with Crippen LogP contribution in [0.3, 0.4) is 0 Å². The van der Waals surface area contributed by atoms with Gasteiger partial charge in [-0.3, -0.25) is 14.5 Å². The van der Waals surface area contributed by atoms with Gasteiger partial charge >= 0.3 is 0 Å². The van der Waals surface area contributed by atoms with Gasteiger partial charge in [-0.1, -0.05) is 18.2 Å². The fraction of sp³-hybridized carbons (Fsp3) is 0.286. The van der Waals surface area contributed by atoms with Crippen molar-refractivity contribution in [1.29, 1.82) is 0 Å². The van der Waals surface area contributed by atoms with Crippen LogP contribution >= 0.6 is 0 Å². The predicted molar refractivity (Wildman–Crippen MR) is 63.2 cm³/mol. The lowest BCUT2D eigenvalue weighted by molar-refractivity contribution is -0.139. The first-order chi connectivity index (χ1) is 8.18. The van der Waals surface area contributed by atoms with Crippen LogP contribution in [0.1, 0.15) is 29.2 Å². The number of benzene rings is 1. The maximum atomic E-state index is 11.7. The summed E-state index contributed by atoms with van der Waals surface area (Å²) in [6, 6.07) is 6.08. The minimum absolute atomic E-state index is 0.0683. The Balaban J connectivity index is 2.05. The number of fused-ring (bicyclic) bond motifs is 1. The van der Waals surface area contributed by atoms with Gasteiger partial charge in [0.05, 0.1) is 6.04 Å². The maximum absolute atomic E-state index is 11.7. The zero-order valence-corrected chi connectivity index (χ0v) is 9.64. The largest absolute Gasteiger partial charge is 0.269 e. The second-order valence-corrected chi connectivity index (χ2v) is 4.58. The summed E-state index contributed by atoms with van der Waals surface area (Å²) < 4.78 is 0. The van der Waals surface area contributed by atoms with Crippen LogP contribution in [-0.2, 0) is 16.0 Å². The monoisotopic (exact) mass is 227 g/mol. The first-order valence-corrected chi connectivity index (χ1v) is 5.82. The van der Waals surface area contributed by atoms with Crippen LogP contribution in [0.15, 0.2) is 30.4 Å². The molecule has 0 radical (unpaired) electrons. The molecule has 0 N–H and O–H groups in total. The third-order valence-electron chi connectivity index (χ3n) is 3.59. The second kappa shape index (κ2) is 3.55. The Labute approximate surface area is 99.7 Å². The number of carbonyl (C=O) groups excluding carboxylic acids is 2. The minimum atomic E-state index is -0.184. The summed E-state index contributed by atoms with van der Waals surface area (Å²) in [4.78, 5) is 24.8. The van der Waals surface area contributed by atoms with E-state index in [1.54, 1.807) is 0 Å². The number of hydrogen-bond donors (Lipinski definition) is 0. The number of rotatable bonds is 1. The van der Waals surface area contributed by atoms with Gasteiger partial charge in [0.15, 0.2) is 0 Å². The molecule has 0 bridgehead atoms. The van der Waals surface area contributed by atoms with Crippen molar-refractivity contribution in [2.45, 2.75) is 25.8 Å². The molecule has 1 aliphatic carbocycles. The summed E-state index contributed by atoms with van der Waals surface area (Å²) in [5.74, 6) is -0.368. The van der Waals surface area contributed by atoms with Crippen LogP contribution in [0.2, 0.25) is 0 Å². The number of nitrogens with zero attached hydrogens (tertiary/aromatic N) is 1. The van der Waals surface area contributed by atoms with Crippen molar-refractivity contribution >= 4 is 11.8 Å². The Morgan fingerprint density at radius 3 is 2.59 bits per heavy atom. The van der Waals surface area contributed by atoms with E-state index in [4.69, 9.17) is 0 Å². The van der Waals surface area contributed by atoms with Crippen molar-refractivity contribution in [2.24, 2.45) is 0 Å². The number of amides is 2. The molecule has 0 saturated heterocycles. The predicted octanol–water partition coefficient (Wildman–Crippen LogP) is 1.91. The first-order valence-electron chi connectivity index (χ1n) is 5.82. The van der Waals surface area contributed by atoms with E-state index in [0.717, 1.165) is 24.0 Å². The fourth-order valence-electron chi connectivity index (χ4n) is 2.85. The highest BCUT2D eigenvalue weighted by Crippen LogP contribution is 2.38. The van der Waals surface area contributed by atoms with E-state index in [0.29, 0.717) is 0 Å². The average Bonchev–Trinajstić information content (AvgIpc) is 2.84. The third kappa shape index (κ3) is 1.42. The van der Waals surface area contributed by atoms with Gasteiger partial charge in [-0.05, 0) is 36.5 Å². The quantitative estimate of drug-likeness (QED) is 0.687. The van der Waals surface area contributed by atoms with E-state index < -0.39 is 0 Å². The van der Waals surface area contributed by atoms with E-state index in [1.807, 2.05) is 19.1 Å². The van der Waals surface area contributed by atoms with Crippen LogP contribution in [0.25, 0.3) is 0 Å². The molecule has 1 aromatic carbocycles. The minimum Gasteiger partial charge on any atom is -0.269 e. The molecule has 1 aliphatic heterocycles. The molecule has 1 aromatic rings. The Morgan fingerprint density at radius 2 is 1.88 bits per heavy atom. The molecule has 86 valence electrons. The van der Waals surface area contributed by atoms with Crippen LogP contribution in [-0.4, -0.2) is 16.7 Å². The topological polar surface area (TPSA) is 37.4 Å². The molecule has 17 heavy (non-hydrogen) atoms. The maximum Gasteiger partial charge on any atom is 0.254 e. The molecule has 1 heterocycles. The van der Waals surface area contributed by atoms with Crippen LogP contribution in [0, 0.1) is 6.92 Å². The lowest BCUT2D eigenvalue weighted by atomic mass is 10.0. The zero-order chi connectivity index (χ0) is 12.0. The normalized spacial score (nSPS) is 22.4. The van der Waals surface area contributed by atoms with Gasteiger partial charge in [0.2, 0.25) is 0 Å². The molecular formula is C14H13NO2. The zero-order valence-electron chi connectivity index (χ0n) is 9.64. The molecule has 2 amide bonds. The van der Waals surface area contributed by atoms with Gasteiger partial charge in [0.1, 0.15) is 0 Å². The summed E-state index contributed by atoms with van der Waals surface area (Å²) in [5.41, 5.74) is 3.60. The molecule has 0 spiro atoms. The fourth-order valence-corrected chi connectivity index (χ4v) is 2.85. The van der Waals surface area contributed by atoms with Gasteiger partial charge in [0, 0.05) is 12.2 Å². The van der Waals surface area contributed by atoms with Gasteiger partial charge in [-0.15, -0.1) is 0 Å². The van der Waals surface area contributed by atoms with Crippen LogP contribution < -0.4 is 0 Å². The average molecular weight is 227 g/mol. The number of aryl methyl sites for hydroxylation is 2. The van der Waals surface area contributed by atoms with Crippen LogP contribution in [0.4, 0.5) is 0 Å². The smallest absolute Gasteiger partial charge is 0.254 e. The summed E-state index contributed by atoms with van der Waals surface area (Å²) in [5, 5.41) is 0. The lowest BCUT2D eigenvalue weighted by Gasteiger charge is -2.24. The molecule has 0 unspecified atom stereocenters. The highest BCUT2D eigenvalue weighted by molar-refractivity contribution is 6.13. The van der Waals surface area contributed by atoms with E-state index in [1.165, 1.54) is 22.6 Å². The van der Waals surface area contributed by atoms with E-state index >= 15 is 0 Å². The third-order valence-corrected chi connectivity index (χ3v) is 3.59. The summed E-state index contributed by atoms with van der Waals surface area (Å²) in [7, 11) is 0.